The van der Waals surface area contributed by atoms with Gasteiger partial charge in [0.25, 0.3) is 0 Å². The number of likely N-dealkylation sites (tertiary alicyclic amines) is 1. The molecule has 1 saturated heterocycles. The van der Waals surface area contributed by atoms with Crippen molar-refractivity contribution >= 4 is 11.9 Å². The number of aromatic nitrogens is 2. The van der Waals surface area contributed by atoms with Gasteiger partial charge in [0.05, 0.1) is 12.2 Å². The number of nitrogens with zero attached hydrogens (tertiary/aromatic N) is 3. The van der Waals surface area contributed by atoms with Crippen LogP contribution in [0.3, 0.4) is 0 Å². The third-order valence-corrected chi connectivity index (χ3v) is 3.36. The summed E-state index contributed by atoms with van der Waals surface area (Å²) < 4.78 is 0. The smallest absolute Gasteiger partial charge is 0.339 e. The van der Waals surface area contributed by atoms with Gasteiger partial charge in [-0.3, -0.25) is 4.79 Å². The highest BCUT2D eigenvalue weighted by molar-refractivity contribution is 5.88. The minimum atomic E-state index is -1.06. The molecule has 1 aliphatic rings. The van der Waals surface area contributed by atoms with E-state index in [0.29, 0.717) is 24.6 Å². The van der Waals surface area contributed by atoms with Gasteiger partial charge in [0, 0.05) is 19.2 Å². The van der Waals surface area contributed by atoms with Crippen molar-refractivity contribution in [3.8, 4) is 0 Å². The fourth-order valence-corrected chi connectivity index (χ4v) is 2.45. The third kappa shape index (κ3) is 3.07. The van der Waals surface area contributed by atoms with Gasteiger partial charge in [-0.25, -0.2) is 14.8 Å². The van der Waals surface area contributed by atoms with Crippen LogP contribution in [0.5, 0.6) is 0 Å². The first kappa shape index (κ1) is 13.5. The predicted molar refractivity (Wildman–Crippen MR) is 67.4 cm³/mol. The summed E-state index contributed by atoms with van der Waals surface area (Å²) in [6.45, 7) is 3.04. The molecule has 0 aromatic carbocycles. The van der Waals surface area contributed by atoms with E-state index in [1.165, 1.54) is 12.5 Å². The summed E-state index contributed by atoms with van der Waals surface area (Å²) >= 11 is 0. The maximum absolute atomic E-state index is 11.9. The number of carboxylic acid groups (broad SMARTS) is 1. The quantitative estimate of drug-likeness (QED) is 0.866. The molecule has 0 spiro atoms. The average Bonchev–Trinajstić information content (AvgIpc) is 2.71. The first-order valence-corrected chi connectivity index (χ1v) is 6.41. The number of carbonyl (C=O) groups excluding carboxylic acids is 1. The number of carbonyl (C=O) groups is 2. The molecule has 0 bridgehead atoms. The van der Waals surface area contributed by atoms with Crippen molar-refractivity contribution in [3.05, 3.63) is 23.8 Å². The van der Waals surface area contributed by atoms with Gasteiger partial charge in [0.15, 0.2) is 0 Å². The van der Waals surface area contributed by atoms with Crippen LogP contribution in [0.25, 0.3) is 0 Å². The zero-order valence-electron chi connectivity index (χ0n) is 10.9. The predicted octanol–water partition coefficient (Wildman–Crippen LogP) is 1.32. The third-order valence-electron chi connectivity index (χ3n) is 3.36. The van der Waals surface area contributed by atoms with Crippen molar-refractivity contribution in [2.24, 2.45) is 5.92 Å². The van der Waals surface area contributed by atoms with Crippen molar-refractivity contribution < 1.29 is 14.7 Å². The molecule has 1 atom stereocenters. The second-order valence-corrected chi connectivity index (χ2v) is 4.82. The largest absolute Gasteiger partial charge is 0.478 e. The Morgan fingerprint density at radius 3 is 3.05 bits per heavy atom. The van der Waals surface area contributed by atoms with Crippen LogP contribution in [0, 0.1) is 5.92 Å². The van der Waals surface area contributed by atoms with E-state index in [1.54, 1.807) is 4.90 Å². The lowest BCUT2D eigenvalue weighted by Crippen LogP contribution is -2.26. The standard InChI is InChI=1S/C13H17N3O3/c1-2-3-9-4-12(17)16(6-9)7-11-10(13(18)19)5-14-8-15-11/h5,8-9H,2-4,6-7H2,1H3,(H,18,19). The van der Waals surface area contributed by atoms with Crippen LogP contribution in [-0.4, -0.2) is 38.4 Å². The van der Waals surface area contributed by atoms with Crippen molar-refractivity contribution in [2.75, 3.05) is 6.54 Å². The minimum Gasteiger partial charge on any atom is -0.478 e. The summed E-state index contributed by atoms with van der Waals surface area (Å²) in [4.78, 5) is 32.3. The summed E-state index contributed by atoms with van der Waals surface area (Å²) in [7, 11) is 0. The summed E-state index contributed by atoms with van der Waals surface area (Å²) in [6, 6.07) is 0. The summed E-state index contributed by atoms with van der Waals surface area (Å²) in [5.74, 6) is -0.603. The molecule has 0 saturated carbocycles. The normalized spacial score (nSPS) is 18.9. The van der Waals surface area contributed by atoms with Crippen molar-refractivity contribution in [1.29, 1.82) is 0 Å². The number of carboxylic acids is 1. The van der Waals surface area contributed by atoms with E-state index in [1.807, 2.05) is 0 Å². The van der Waals surface area contributed by atoms with Crippen LogP contribution < -0.4 is 0 Å². The second kappa shape index (κ2) is 5.77. The van der Waals surface area contributed by atoms with Crippen molar-refractivity contribution in [1.82, 2.24) is 14.9 Å². The molecule has 1 fully saturated rings. The first-order chi connectivity index (χ1) is 9.11. The Hall–Kier alpha value is -1.98. The SMILES string of the molecule is CCCC1CC(=O)N(Cc2ncncc2C(=O)O)C1. The number of aromatic carboxylic acids is 1. The zero-order valence-corrected chi connectivity index (χ0v) is 10.9. The molecular weight excluding hydrogens is 246 g/mol. The van der Waals surface area contributed by atoms with Gasteiger partial charge >= 0.3 is 5.97 Å². The van der Waals surface area contributed by atoms with Gasteiger partial charge in [0.2, 0.25) is 5.91 Å². The molecule has 1 aliphatic heterocycles. The van der Waals surface area contributed by atoms with Gasteiger partial charge in [-0.05, 0) is 12.3 Å². The molecule has 0 radical (unpaired) electrons. The molecule has 2 heterocycles. The van der Waals surface area contributed by atoms with E-state index in [4.69, 9.17) is 5.11 Å². The fraction of sp³-hybridized carbons (Fsp3) is 0.538. The minimum absolute atomic E-state index is 0.0641. The molecule has 6 heteroatoms. The van der Waals surface area contributed by atoms with Crippen LogP contribution >= 0.6 is 0 Å². The maximum atomic E-state index is 11.9. The van der Waals surface area contributed by atoms with Crippen molar-refractivity contribution in [3.63, 3.8) is 0 Å². The monoisotopic (exact) mass is 263 g/mol. The molecule has 2 rings (SSSR count). The Kier molecular flexibility index (Phi) is 4.09. The molecule has 6 nitrogen and oxygen atoms in total. The topological polar surface area (TPSA) is 83.4 Å². The number of hydrogen-bond donors (Lipinski definition) is 1. The summed E-state index contributed by atoms with van der Waals surface area (Å²) in [6.07, 6.45) is 5.22. The van der Waals surface area contributed by atoms with E-state index in [9.17, 15) is 9.59 Å². The molecule has 1 aromatic heterocycles. The van der Waals surface area contributed by atoms with Crippen LogP contribution in [-0.2, 0) is 11.3 Å². The van der Waals surface area contributed by atoms with Crippen LogP contribution in [0.2, 0.25) is 0 Å². The van der Waals surface area contributed by atoms with Gasteiger partial charge in [-0.1, -0.05) is 13.3 Å². The summed E-state index contributed by atoms with van der Waals surface area (Å²) in [5.41, 5.74) is 0.460. The molecule has 102 valence electrons. The fourth-order valence-electron chi connectivity index (χ4n) is 2.45. The van der Waals surface area contributed by atoms with E-state index >= 15 is 0 Å². The second-order valence-electron chi connectivity index (χ2n) is 4.82. The molecule has 0 aliphatic carbocycles. The van der Waals surface area contributed by atoms with E-state index in [-0.39, 0.29) is 18.0 Å². The molecule has 19 heavy (non-hydrogen) atoms. The highest BCUT2D eigenvalue weighted by Crippen LogP contribution is 2.23. The Labute approximate surface area is 111 Å². The van der Waals surface area contributed by atoms with Gasteiger partial charge in [0.1, 0.15) is 11.9 Å². The van der Waals surface area contributed by atoms with Crippen LogP contribution in [0.4, 0.5) is 0 Å². The highest BCUT2D eigenvalue weighted by Gasteiger charge is 2.29. The van der Waals surface area contributed by atoms with E-state index in [0.717, 1.165) is 12.8 Å². The zero-order chi connectivity index (χ0) is 13.8. The lowest BCUT2D eigenvalue weighted by molar-refractivity contribution is -0.128. The molecule has 1 N–H and O–H groups in total. The molecule has 1 unspecified atom stereocenters. The van der Waals surface area contributed by atoms with Gasteiger partial charge in [-0.15, -0.1) is 0 Å². The van der Waals surface area contributed by atoms with Crippen LogP contribution in [0.15, 0.2) is 12.5 Å². The Bertz CT molecular complexity index is 490. The van der Waals surface area contributed by atoms with Gasteiger partial charge < -0.3 is 10.0 Å². The Balaban J connectivity index is 2.10. The van der Waals surface area contributed by atoms with Gasteiger partial charge in [-0.2, -0.15) is 0 Å². The first-order valence-electron chi connectivity index (χ1n) is 6.41. The van der Waals surface area contributed by atoms with E-state index < -0.39 is 5.97 Å². The van der Waals surface area contributed by atoms with E-state index in [2.05, 4.69) is 16.9 Å². The Morgan fingerprint density at radius 2 is 2.37 bits per heavy atom. The maximum Gasteiger partial charge on any atom is 0.339 e. The lowest BCUT2D eigenvalue weighted by Gasteiger charge is -2.16. The highest BCUT2D eigenvalue weighted by atomic mass is 16.4. The lowest BCUT2D eigenvalue weighted by atomic mass is 10.0. The molecule has 1 aromatic rings. The van der Waals surface area contributed by atoms with Crippen molar-refractivity contribution in [2.45, 2.75) is 32.7 Å². The van der Waals surface area contributed by atoms with Crippen LogP contribution in [0.1, 0.15) is 42.2 Å². The number of hydrogen-bond acceptors (Lipinski definition) is 4. The Morgan fingerprint density at radius 1 is 1.58 bits per heavy atom. The average molecular weight is 263 g/mol. The summed E-state index contributed by atoms with van der Waals surface area (Å²) in [5, 5.41) is 9.06. The number of rotatable bonds is 5. The molecule has 1 amide bonds. The molecular formula is C13H17N3O3. The number of amides is 1.